The van der Waals surface area contributed by atoms with Gasteiger partial charge in [0.2, 0.25) is 0 Å². The third kappa shape index (κ3) is 4.49. The molecule has 27 heavy (non-hydrogen) atoms. The number of thiazole rings is 1. The molecule has 1 saturated heterocycles. The maximum absolute atomic E-state index is 12.8. The van der Waals surface area contributed by atoms with Gasteiger partial charge in [0.05, 0.1) is 4.47 Å². The Bertz CT molecular complexity index is 844. The Hall–Kier alpha value is -1.94. The molecular formula is C17H22BrN5O3S. The minimum atomic E-state index is -0.540. The van der Waals surface area contributed by atoms with Crippen LogP contribution in [0.15, 0.2) is 16.0 Å². The van der Waals surface area contributed by atoms with Crippen molar-refractivity contribution >= 4 is 39.3 Å². The van der Waals surface area contributed by atoms with Crippen LogP contribution in [0.5, 0.6) is 0 Å². The van der Waals surface area contributed by atoms with Gasteiger partial charge < -0.3 is 14.5 Å². The van der Waals surface area contributed by atoms with Crippen LogP contribution in [0, 0.1) is 0 Å². The lowest BCUT2D eigenvalue weighted by molar-refractivity contribution is 0.00192. The molecule has 1 aliphatic heterocycles. The van der Waals surface area contributed by atoms with E-state index < -0.39 is 5.60 Å². The van der Waals surface area contributed by atoms with Crippen LogP contribution >= 0.6 is 27.3 Å². The lowest BCUT2D eigenvalue weighted by Gasteiger charge is -2.40. The number of H-pyrrole nitrogens is 1. The summed E-state index contributed by atoms with van der Waals surface area (Å²) in [6, 6.07) is -0.129. The summed E-state index contributed by atoms with van der Waals surface area (Å²) in [5.41, 5.74) is 0.534. The Morgan fingerprint density at radius 3 is 2.70 bits per heavy atom. The van der Waals surface area contributed by atoms with E-state index in [1.807, 2.05) is 27.7 Å². The Morgan fingerprint density at radius 2 is 2.11 bits per heavy atom. The maximum atomic E-state index is 12.8. The van der Waals surface area contributed by atoms with Crippen molar-refractivity contribution in [2.45, 2.75) is 39.3 Å². The summed E-state index contributed by atoms with van der Waals surface area (Å²) >= 11 is 4.77. The van der Waals surface area contributed by atoms with Crippen LogP contribution in [0.3, 0.4) is 0 Å². The number of nitrogens with zero attached hydrogens (tertiary/aromatic N) is 4. The smallest absolute Gasteiger partial charge is 0.410 e. The van der Waals surface area contributed by atoms with Crippen molar-refractivity contribution in [3.63, 3.8) is 0 Å². The van der Waals surface area contributed by atoms with Gasteiger partial charge in [0.25, 0.3) is 5.91 Å². The Kier molecular flexibility index (Phi) is 5.57. The maximum Gasteiger partial charge on any atom is 0.410 e. The molecule has 146 valence electrons. The predicted octanol–water partition coefficient (Wildman–Crippen LogP) is 3.38. The molecule has 2 aromatic heterocycles. The minimum absolute atomic E-state index is 0.129. The third-order valence-corrected chi connectivity index (χ3v) is 5.52. The summed E-state index contributed by atoms with van der Waals surface area (Å²) in [4.78, 5) is 32.9. The summed E-state index contributed by atoms with van der Waals surface area (Å²) in [6.07, 6.45) is 1.37. The van der Waals surface area contributed by atoms with Crippen molar-refractivity contribution < 1.29 is 14.3 Å². The first-order valence-electron chi connectivity index (χ1n) is 8.60. The first-order chi connectivity index (χ1) is 12.7. The fraction of sp³-hybridized carbons (Fsp3) is 0.529. The number of piperazine rings is 1. The lowest BCUT2D eigenvalue weighted by Crippen LogP contribution is -2.56. The van der Waals surface area contributed by atoms with Crippen molar-refractivity contribution in [2.24, 2.45) is 0 Å². The normalized spacial score (nSPS) is 17.9. The topological polar surface area (TPSA) is 91.4 Å². The molecule has 1 aliphatic rings. The van der Waals surface area contributed by atoms with E-state index in [4.69, 9.17) is 4.74 Å². The highest BCUT2D eigenvalue weighted by molar-refractivity contribution is 9.10. The van der Waals surface area contributed by atoms with Gasteiger partial charge in [0, 0.05) is 37.3 Å². The highest BCUT2D eigenvalue weighted by Crippen LogP contribution is 2.29. The highest BCUT2D eigenvalue weighted by Gasteiger charge is 2.33. The number of hydrogen-bond donors (Lipinski definition) is 1. The Labute approximate surface area is 170 Å². The van der Waals surface area contributed by atoms with Crippen LogP contribution in [0.4, 0.5) is 4.79 Å². The van der Waals surface area contributed by atoms with Gasteiger partial charge in [-0.2, -0.15) is 5.10 Å². The molecule has 0 spiro atoms. The van der Waals surface area contributed by atoms with Gasteiger partial charge in [0.1, 0.15) is 22.0 Å². The molecule has 1 fully saturated rings. The number of aromatic amines is 1. The van der Waals surface area contributed by atoms with E-state index in [-0.39, 0.29) is 18.0 Å². The molecule has 0 unspecified atom stereocenters. The van der Waals surface area contributed by atoms with Crippen molar-refractivity contribution in [3.8, 4) is 10.7 Å². The lowest BCUT2D eigenvalue weighted by atomic mass is 10.2. The summed E-state index contributed by atoms with van der Waals surface area (Å²) in [7, 11) is 0. The summed E-state index contributed by atoms with van der Waals surface area (Å²) in [5.74, 6) is -0.139. The zero-order chi connectivity index (χ0) is 19.8. The van der Waals surface area contributed by atoms with Gasteiger partial charge in [-0.15, -0.1) is 11.3 Å². The Balaban J connectivity index is 1.65. The number of hydrogen-bond acceptors (Lipinski definition) is 6. The number of carbonyl (C=O) groups is 2. The van der Waals surface area contributed by atoms with Crippen LogP contribution < -0.4 is 0 Å². The molecule has 3 rings (SSSR count). The van der Waals surface area contributed by atoms with Gasteiger partial charge in [-0.05, 0) is 43.6 Å². The number of aromatic nitrogens is 3. The van der Waals surface area contributed by atoms with E-state index in [2.05, 4.69) is 31.1 Å². The summed E-state index contributed by atoms with van der Waals surface area (Å²) in [5, 5.41) is 9.31. The monoisotopic (exact) mass is 455 g/mol. The second kappa shape index (κ2) is 7.59. The number of halogens is 1. The van der Waals surface area contributed by atoms with Crippen LogP contribution in [0.25, 0.3) is 10.7 Å². The van der Waals surface area contributed by atoms with Gasteiger partial charge in [0.15, 0.2) is 0 Å². The SMILES string of the molecule is C[C@H]1CN(C(=O)c2csc(-c3n[nH]cc3Br)n2)CCN1C(=O)OC(C)(C)C. The van der Waals surface area contributed by atoms with E-state index in [1.165, 1.54) is 11.3 Å². The number of carbonyl (C=O) groups excluding carboxylic acids is 2. The van der Waals surface area contributed by atoms with Gasteiger partial charge in [-0.25, -0.2) is 9.78 Å². The molecule has 3 heterocycles. The molecule has 0 aliphatic carbocycles. The number of rotatable bonds is 2. The van der Waals surface area contributed by atoms with E-state index in [0.717, 1.165) is 4.47 Å². The zero-order valence-corrected chi connectivity index (χ0v) is 18.1. The van der Waals surface area contributed by atoms with E-state index in [9.17, 15) is 9.59 Å². The second-order valence-electron chi connectivity index (χ2n) is 7.39. The molecule has 0 aromatic carbocycles. The molecule has 1 N–H and O–H groups in total. The largest absolute Gasteiger partial charge is 0.444 e. The third-order valence-electron chi connectivity index (χ3n) is 4.06. The summed E-state index contributed by atoms with van der Waals surface area (Å²) < 4.78 is 6.24. The van der Waals surface area contributed by atoms with Crippen molar-refractivity contribution in [2.75, 3.05) is 19.6 Å². The second-order valence-corrected chi connectivity index (χ2v) is 9.11. The van der Waals surface area contributed by atoms with Crippen molar-refractivity contribution in [1.29, 1.82) is 0 Å². The molecule has 2 amide bonds. The molecular weight excluding hydrogens is 434 g/mol. The van der Waals surface area contributed by atoms with E-state index in [1.54, 1.807) is 21.4 Å². The molecule has 2 aromatic rings. The van der Waals surface area contributed by atoms with E-state index >= 15 is 0 Å². The Morgan fingerprint density at radius 1 is 1.37 bits per heavy atom. The average molecular weight is 456 g/mol. The fourth-order valence-corrected chi connectivity index (χ4v) is 4.11. The fourth-order valence-electron chi connectivity index (χ4n) is 2.80. The highest BCUT2D eigenvalue weighted by atomic mass is 79.9. The van der Waals surface area contributed by atoms with Crippen LogP contribution in [-0.2, 0) is 4.74 Å². The molecule has 0 radical (unpaired) electrons. The first-order valence-corrected chi connectivity index (χ1v) is 10.3. The zero-order valence-electron chi connectivity index (χ0n) is 15.7. The molecule has 0 bridgehead atoms. The predicted molar refractivity (Wildman–Crippen MR) is 106 cm³/mol. The standard InChI is InChI=1S/C17H22BrN5O3S/c1-10-8-22(5-6-23(10)16(25)26-17(2,3)4)15(24)12-9-27-14(20-12)13-11(18)7-19-21-13/h7,9-10H,5-6,8H2,1-4H3,(H,19,21)/t10-/m0/s1. The molecule has 8 nitrogen and oxygen atoms in total. The van der Waals surface area contributed by atoms with Gasteiger partial charge in [-0.1, -0.05) is 0 Å². The van der Waals surface area contributed by atoms with Crippen LogP contribution in [0.2, 0.25) is 0 Å². The minimum Gasteiger partial charge on any atom is -0.444 e. The van der Waals surface area contributed by atoms with Crippen molar-refractivity contribution in [1.82, 2.24) is 25.0 Å². The quantitative estimate of drug-likeness (QED) is 0.748. The first kappa shape index (κ1) is 19.8. The number of amides is 2. The molecule has 10 heteroatoms. The van der Waals surface area contributed by atoms with Crippen LogP contribution in [0.1, 0.15) is 38.2 Å². The number of ether oxygens (including phenoxy) is 1. The van der Waals surface area contributed by atoms with Gasteiger partial charge in [-0.3, -0.25) is 9.89 Å². The van der Waals surface area contributed by atoms with Crippen LogP contribution in [-0.4, -0.2) is 68.3 Å². The molecule has 1 atom stereocenters. The van der Waals surface area contributed by atoms with Gasteiger partial charge >= 0.3 is 6.09 Å². The average Bonchev–Trinajstić information content (AvgIpc) is 3.20. The van der Waals surface area contributed by atoms with Crippen molar-refractivity contribution in [3.05, 3.63) is 21.7 Å². The number of nitrogens with one attached hydrogen (secondary N) is 1. The van der Waals surface area contributed by atoms with E-state index in [0.29, 0.717) is 36.0 Å². The molecule has 0 saturated carbocycles. The summed E-state index contributed by atoms with van der Waals surface area (Å²) in [6.45, 7) is 8.76.